The molecule has 1 fully saturated rings. The van der Waals surface area contributed by atoms with E-state index in [1.165, 1.54) is 12.1 Å². The second-order valence-corrected chi connectivity index (χ2v) is 6.61. The van der Waals surface area contributed by atoms with Crippen LogP contribution in [0.15, 0.2) is 36.4 Å². The maximum Gasteiger partial charge on any atom is 0.223 e. The van der Waals surface area contributed by atoms with Crippen LogP contribution in [0.4, 0.5) is 4.39 Å². The van der Waals surface area contributed by atoms with Gasteiger partial charge in [-0.15, -0.1) is 0 Å². The fourth-order valence-electron chi connectivity index (χ4n) is 3.45. The molecule has 0 saturated carbocycles. The zero-order chi connectivity index (χ0) is 16.1. The molecule has 0 N–H and O–H groups in total. The third kappa shape index (κ3) is 4.64. The monoisotopic (exact) mass is 316 g/mol. The van der Waals surface area contributed by atoms with Crippen LogP contribution in [0.2, 0.25) is 0 Å². The van der Waals surface area contributed by atoms with Gasteiger partial charge in [0.2, 0.25) is 5.91 Å². The minimum Gasteiger partial charge on any atom is -0.341 e. The first-order valence-electron chi connectivity index (χ1n) is 8.62. The topological polar surface area (TPSA) is 23.6 Å². The summed E-state index contributed by atoms with van der Waals surface area (Å²) < 4.78 is 13.0. The fraction of sp³-hybridized carbons (Fsp3) is 0.526. The zero-order valence-electron chi connectivity index (χ0n) is 13.6. The largest absolute Gasteiger partial charge is 0.341 e. The predicted molar refractivity (Wildman–Crippen MR) is 89.4 cm³/mol. The molecule has 0 radical (unpaired) electrons. The summed E-state index contributed by atoms with van der Waals surface area (Å²) in [6.45, 7) is 4.37. The van der Waals surface area contributed by atoms with Crippen LogP contribution in [0.5, 0.6) is 0 Å². The van der Waals surface area contributed by atoms with Crippen molar-refractivity contribution in [1.29, 1.82) is 0 Å². The lowest BCUT2D eigenvalue weighted by atomic mass is 10.0. The summed E-state index contributed by atoms with van der Waals surface area (Å²) in [5, 5.41) is 0. The number of hydrogen-bond acceptors (Lipinski definition) is 2. The summed E-state index contributed by atoms with van der Waals surface area (Å²) in [5.41, 5.74) is 1.13. The maximum absolute atomic E-state index is 13.0. The number of nitrogens with zero attached hydrogens (tertiary/aromatic N) is 2. The number of carbonyl (C=O) groups excluding carboxylic acids is 1. The number of rotatable bonds is 4. The van der Waals surface area contributed by atoms with E-state index >= 15 is 0 Å². The first-order valence-corrected chi connectivity index (χ1v) is 8.62. The van der Waals surface area contributed by atoms with E-state index in [4.69, 9.17) is 0 Å². The minimum absolute atomic E-state index is 0.192. The third-order valence-electron chi connectivity index (χ3n) is 4.81. The van der Waals surface area contributed by atoms with Crippen molar-refractivity contribution in [3.63, 3.8) is 0 Å². The molecule has 2 aliphatic rings. The molecule has 1 aromatic carbocycles. The molecule has 0 bridgehead atoms. The molecule has 1 aliphatic carbocycles. The fourth-order valence-corrected chi connectivity index (χ4v) is 3.45. The molecule has 4 heteroatoms. The SMILES string of the molecule is O=C(CC1C=CCC1)N1CCCN(Cc2ccc(F)cc2)CC1. The third-order valence-corrected chi connectivity index (χ3v) is 4.81. The van der Waals surface area contributed by atoms with Crippen LogP contribution in [-0.4, -0.2) is 41.9 Å². The molecule has 1 aliphatic heterocycles. The second kappa shape index (κ2) is 7.73. The highest BCUT2D eigenvalue weighted by Crippen LogP contribution is 2.21. The molecule has 1 aromatic rings. The normalized spacial score (nSPS) is 22.3. The number of carbonyl (C=O) groups is 1. The number of amides is 1. The van der Waals surface area contributed by atoms with Gasteiger partial charge in [-0.3, -0.25) is 9.69 Å². The molecule has 3 rings (SSSR count). The van der Waals surface area contributed by atoms with Gasteiger partial charge in [-0.05, 0) is 42.9 Å². The molecule has 0 spiro atoms. The van der Waals surface area contributed by atoms with Gasteiger partial charge in [-0.25, -0.2) is 4.39 Å². The summed E-state index contributed by atoms with van der Waals surface area (Å²) in [4.78, 5) is 16.8. The standard InChI is InChI=1S/C19H25FN2O/c20-18-8-6-17(7-9-18)15-21-10-3-11-22(13-12-21)19(23)14-16-4-1-2-5-16/h1,4,6-9,16H,2-3,5,10-15H2. The van der Waals surface area contributed by atoms with Gasteiger partial charge >= 0.3 is 0 Å². The lowest BCUT2D eigenvalue weighted by Crippen LogP contribution is -2.35. The molecule has 3 nitrogen and oxygen atoms in total. The van der Waals surface area contributed by atoms with Gasteiger partial charge in [0.25, 0.3) is 0 Å². The number of allylic oxidation sites excluding steroid dienone is 2. The van der Waals surface area contributed by atoms with Crippen molar-refractivity contribution < 1.29 is 9.18 Å². The number of halogens is 1. The van der Waals surface area contributed by atoms with Crippen molar-refractivity contribution in [3.05, 3.63) is 47.8 Å². The first kappa shape index (κ1) is 16.2. The van der Waals surface area contributed by atoms with E-state index in [1.807, 2.05) is 17.0 Å². The number of benzene rings is 1. The van der Waals surface area contributed by atoms with E-state index in [-0.39, 0.29) is 5.82 Å². The van der Waals surface area contributed by atoms with E-state index in [0.29, 0.717) is 18.2 Å². The van der Waals surface area contributed by atoms with Crippen LogP contribution in [-0.2, 0) is 11.3 Å². The zero-order valence-corrected chi connectivity index (χ0v) is 13.6. The van der Waals surface area contributed by atoms with Crippen molar-refractivity contribution >= 4 is 5.91 Å². The van der Waals surface area contributed by atoms with Gasteiger partial charge in [0, 0.05) is 39.1 Å². The first-order chi connectivity index (χ1) is 11.2. The molecular formula is C19H25FN2O. The highest BCUT2D eigenvalue weighted by Gasteiger charge is 2.22. The highest BCUT2D eigenvalue weighted by molar-refractivity contribution is 5.76. The van der Waals surface area contributed by atoms with Crippen LogP contribution in [0.3, 0.4) is 0 Å². The maximum atomic E-state index is 13.0. The van der Waals surface area contributed by atoms with Crippen molar-refractivity contribution in [2.24, 2.45) is 5.92 Å². The van der Waals surface area contributed by atoms with E-state index in [0.717, 1.165) is 57.5 Å². The summed E-state index contributed by atoms with van der Waals surface area (Å²) in [7, 11) is 0. The molecule has 0 aromatic heterocycles. The van der Waals surface area contributed by atoms with Gasteiger partial charge in [-0.2, -0.15) is 0 Å². The van der Waals surface area contributed by atoms with Crippen LogP contribution >= 0.6 is 0 Å². The molecule has 1 unspecified atom stereocenters. The predicted octanol–water partition coefficient (Wildman–Crippen LogP) is 3.22. The van der Waals surface area contributed by atoms with Gasteiger partial charge in [0.15, 0.2) is 0 Å². The smallest absolute Gasteiger partial charge is 0.223 e. The van der Waals surface area contributed by atoms with Gasteiger partial charge in [0.05, 0.1) is 0 Å². The highest BCUT2D eigenvalue weighted by atomic mass is 19.1. The second-order valence-electron chi connectivity index (χ2n) is 6.61. The quantitative estimate of drug-likeness (QED) is 0.796. The van der Waals surface area contributed by atoms with E-state index in [1.54, 1.807) is 0 Å². The summed E-state index contributed by atoms with van der Waals surface area (Å²) in [6.07, 6.45) is 8.28. The average Bonchev–Trinajstić information content (AvgIpc) is 2.94. The van der Waals surface area contributed by atoms with Crippen LogP contribution < -0.4 is 0 Å². The van der Waals surface area contributed by atoms with Crippen LogP contribution in [0.1, 0.15) is 31.2 Å². The molecule has 124 valence electrons. The van der Waals surface area contributed by atoms with E-state index < -0.39 is 0 Å². The van der Waals surface area contributed by atoms with Crippen LogP contribution in [0, 0.1) is 11.7 Å². The minimum atomic E-state index is -0.192. The molecule has 1 atom stereocenters. The Bertz CT molecular complexity index is 555. The molecule has 1 amide bonds. The lowest BCUT2D eigenvalue weighted by Gasteiger charge is -2.23. The Morgan fingerprint density at radius 2 is 1.96 bits per heavy atom. The summed E-state index contributed by atoms with van der Waals surface area (Å²) in [5.74, 6) is 0.550. The van der Waals surface area contributed by atoms with Crippen LogP contribution in [0.25, 0.3) is 0 Å². The Morgan fingerprint density at radius 1 is 1.13 bits per heavy atom. The molecule has 23 heavy (non-hydrogen) atoms. The Hall–Kier alpha value is -1.68. The van der Waals surface area contributed by atoms with Gasteiger partial charge in [0.1, 0.15) is 5.82 Å². The molecule has 1 saturated heterocycles. The van der Waals surface area contributed by atoms with Crippen molar-refractivity contribution in [1.82, 2.24) is 9.80 Å². The Labute approximate surface area is 137 Å². The molecule has 1 heterocycles. The summed E-state index contributed by atoms with van der Waals surface area (Å²) in [6, 6.07) is 6.71. The Morgan fingerprint density at radius 3 is 2.70 bits per heavy atom. The van der Waals surface area contributed by atoms with Gasteiger partial charge in [-0.1, -0.05) is 24.3 Å². The molecular weight excluding hydrogens is 291 g/mol. The lowest BCUT2D eigenvalue weighted by molar-refractivity contribution is -0.131. The average molecular weight is 316 g/mol. The van der Waals surface area contributed by atoms with E-state index in [2.05, 4.69) is 17.1 Å². The van der Waals surface area contributed by atoms with Crippen molar-refractivity contribution in [3.8, 4) is 0 Å². The van der Waals surface area contributed by atoms with E-state index in [9.17, 15) is 9.18 Å². The summed E-state index contributed by atoms with van der Waals surface area (Å²) >= 11 is 0. The van der Waals surface area contributed by atoms with Crippen molar-refractivity contribution in [2.75, 3.05) is 26.2 Å². The van der Waals surface area contributed by atoms with Crippen molar-refractivity contribution in [2.45, 2.75) is 32.2 Å². The Kier molecular flexibility index (Phi) is 5.44. The number of hydrogen-bond donors (Lipinski definition) is 0. The Balaban J connectivity index is 1.49. The van der Waals surface area contributed by atoms with Gasteiger partial charge < -0.3 is 4.90 Å².